The van der Waals surface area contributed by atoms with E-state index >= 15 is 0 Å². The molecule has 2 aromatic rings. The normalized spacial score (nSPS) is 12.6. The Labute approximate surface area is 101 Å². The van der Waals surface area contributed by atoms with Gasteiger partial charge in [-0.1, -0.05) is 37.3 Å². The Morgan fingerprint density at radius 3 is 2.76 bits per heavy atom. The minimum absolute atomic E-state index is 0.0290. The van der Waals surface area contributed by atoms with Crippen LogP contribution in [0.5, 0.6) is 0 Å². The van der Waals surface area contributed by atoms with Gasteiger partial charge in [0.15, 0.2) is 5.82 Å². The Balaban J connectivity index is 2.00. The van der Waals surface area contributed by atoms with Crippen LogP contribution >= 0.6 is 0 Å². The maximum absolute atomic E-state index is 6.12. The minimum Gasteiger partial charge on any atom is -0.324 e. The van der Waals surface area contributed by atoms with Crippen molar-refractivity contribution in [2.24, 2.45) is 5.73 Å². The lowest BCUT2D eigenvalue weighted by Gasteiger charge is -2.09. The highest BCUT2D eigenvalue weighted by atomic mass is 15.2. The first kappa shape index (κ1) is 11.8. The summed E-state index contributed by atoms with van der Waals surface area (Å²) in [5, 5.41) is 7.11. The maximum atomic E-state index is 6.12. The average molecular weight is 230 g/mol. The zero-order valence-electron chi connectivity index (χ0n) is 10.1. The molecule has 0 radical (unpaired) electrons. The van der Waals surface area contributed by atoms with Gasteiger partial charge in [0.25, 0.3) is 0 Å². The van der Waals surface area contributed by atoms with Crippen molar-refractivity contribution in [1.29, 1.82) is 0 Å². The second-order valence-corrected chi connectivity index (χ2v) is 4.17. The molecule has 17 heavy (non-hydrogen) atoms. The van der Waals surface area contributed by atoms with Gasteiger partial charge < -0.3 is 5.73 Å². The van der Waals surface area contributed by atoms with Crippen LogP contribution in [0, 0.1) is 0 Å². The predicted molar refractivity (Wildman–Crippen MR) is 67.5 cm³/mol. The van der Waals surface area contributed by atoms with Gasteiger partial charge in [-0.2, -0.15) is 5.10 Å². The lowest BCUT2D eigenvalue weighted by molar-refractivity contribution is 0.689. The molecule has 4 nitrogen and oxygen atoms in total. The Kier molecular flexibility index (Phi) is 3.88. The number of H-pyrrole nitrogens is 1. The molecule has 0 bridgehead atoms. The smallest absolute Gasteiger partial charge is 0.150 e. The van der Waals surface area contributed by atoms with E-state index in [1.54, 1.807) is 0 Å². The quantitative estimate of drug-likeness (QED) is 0.825. The van der Waals surface area contributed by atoms with E-state index in [0.29, 0.717) is 6.42 Å². The molecule has 0 aliphatic carbocycles. The third-order valence-electron chi connectivity index (χ3n) is 2.69. The molecule has 1 unspecified atom stereocenters. The molecule has 1 aromatic heterocycles. The van der Waals surface area contributed by atoms with E-state index in [1.807, 2.05) is 30.3 Å². The highest BCUT2D eigenvalue weighted by Gasteiger charge is 2.09. The van der Waals surface area contributed by atoms with E-state index < -0.39 is 0 Å². The third-order valence-corrected chi connectivity index (χ3v) is 2.69. The van der Waals surface area contributed by atoms with Gasteiger partial charge in [0.1, 0.15) is 5.82 Å². The molecule has 1 heterocycles. The molecule has 4 heteroatoms. The SMILES string of the molecule is CCCc1n[nH]c(CC(N)c2ccccc2)n1. The Morgan fingerprint density at radius 2 is 2.06 bits per heavy atom. The number of aromatic nitrogens is 3. The number of hydrogen-bond acceptors (Lipinski definition) is 3. The van der Waals surface area contributed by atoms with Crippen molar-refractivity contribution in [3.8, 4) is 0 Å². The maximum Gasteiger partial charge on any atom is 0.150 e. The summed E-state index contributed by atoms with van der Waals surface area (Å²) in [5.74, 6) is 1.74. The average Bonchev–Trinajstić information content (AvgIpc) is 2.78. The van der Waals surface area contributed by atoms with Crippen LogP contribution in [0.2, 0.25) is 0 Å². The molecule has 0 amide bonds. The molecule has 3 N–H and O–H groups in total. The number of aromatic amines is 1. The molecule has 0 saturated carbocycles. The first-order valence-electron chi connectivity index (χ1n) is 6.00. The van der Waals surface area contributed by atoms with Crippen LogP contribution in [0.25, 0.3) is 0 Å². The van der Waals surface area contributed by atoms with Crippen molar-refractivity contribution in [1.82, 2.24) is 15.2 Å². The minimum atomic E-state index is -0.0290. The van der Waals surface area contributed by atoms with Gasteiger partial charge in [0.2, 0.25) is 0 Å². The summed E-state index contributed by atoms with van der Waals surface area (Å²) in [6, 6.07) is 10.0. The van der Waals surface area contributed by atoms with Gasteiger partial charge in [0, 0.05) is 18.9 Å². The number of hydrogen-bond donors (Lipinski definition) is 2. The van der Waals surface area contributed by atoms with Crippen LogP contribution in [0.4, 0.5) is 0 Å². The lowest BCUT2D eigenvalue weighted by Crippen LogP contribution is -2.14. The second-order valence-electron chi connectivity index (χ2n) is 4.17. The number of aryl methyl sites for hydroxylation is 1. The molecule has 1 atom stereocenters. The standard InChI is InChI=1S/C13H18N4/c1-2-6-12-15-13(17-16-12)9-11(14)10-7-4-3-5-8-10/h3-5,7-8,11H,2,6,9,14H2,1H3,(H,15,16,17). The van der Waals surface area contributed by atoms with E-state index in [1.165, 1.54) is 0 Å². The van der Waals surface area contributed by atoms with Gasteiger partial charge in [-0.25, -0.2) is 4.98 Å². The third kappa shape index (κ3) is 3.14. The Hall–Kier alpha value is -1.68. The van der Waals surface area contributed by atoms with Crippen LogP contribution in [0.1, 0.15) is 36.6 Å². The van der Waals surface area contributed by atoms with Crippen LogP contribution in [0.15, 0.2) is 30.3 Å². The van der Waals surface area contributed by atoms with E-state index in [-0.39, 0.29) is 6.04 Å². The van der Waals surface area contributed by atoms with E-state index in [0.717, 1.165) is 30.1 Å². The van der Waals surface area contributed by atoms with E-state index in [4.69, 9.17) is 5.73 Å². The fourth-order valence-electron chi connectivity index (χ4n) is 1.79. The topological polar surface area (TPSA) is 67.6 Å². The van der Waals surface area contributed by atoms with Gasteiger partial charge in [-0.05, 0) is 12.0 Å². The zero-order chi connectivity index (χ0) is 12.1. The van der Waals surface area contributed by atoms with Crippen LogP contribution < -0.4 is 5.73 Å². The van der Waals surface area contributed by atoms with Crippen molar-refractivity contribution in [2.75, 3.05) is 0 Å². The number of nitrogens with two attached hydrogens (primary N) is 1. The van der Waals surface area contributed by atoms with Crippen molar-refractivity contribution in [3.05, 3.63) is 47.5 Å². The van der Waals surface area contributed by atoms with Crippen molar-refractivity contribution < 1.29 is 0 Å². The molecule has 0 fully saturated rings. The lowest BCUT2D eigenvalue weighted by atomic mass is 10.0. The largest absolute Gasteiger partial charge is 0.324 e. The molecule has 0 aliphatic heterocycles. The van der Waals surface area contributed by atoms with E-state index in [9.17, 15) is 0 Å². The zero-order valence-corrected chi connectivity index (χ0v) is 10.1. The number of rotatable bonds is 5. The molecule has 90 valence electrons. The summed E-state index contributed by atoms with van der Waals surface area (Å²) >= 11 is 0. The van der Waals surface area contributed by atoms with Gasteiger partial charge in [-0.15, -0.1) is 0 Å². The van der Waals surface area contributed by atoms with Crippen LogP contribution in [-0.4, -0.2) is 15.2 Å². The van der Waals surface area contributed by atoms with Crippen molar-refractivity contribution in [2.45, 2.75) is 32.2 Å². The Morgan fingerprint density at radius 1 is 1.29 bits per heavy atom. The molecular formula is C13H18N4. The van der Waals surface area contributed by atoms with Crippen LogP contribution in [-0.2, 0) is 12.8 Å². The van der Waals surface area contributed by atoms with Crippen molar-refractivity contribution >= 4 is 0 Å². The summed E-state index contributed by atoms with van der Waals surface area (Å²) < 4.78 is 0. The monoisotopic (exact) mass is 230 g/mol. The van der Waals surface area contributed by atoms with Crippen LogP contribution in [0.3, 0.4) is 0 Å². The number of nitrogens with one attached hydrogen (secondary N) is 1. The Bertz CT molecular complexity index is 449. The summed E-state index contributed by atoms with van der Waals surface area (Å²) in [4.78, 5) is 4.42. The van der Waals surface area contributed by atoms with Gasteiger partial charge >= 0.3 is 0 Å². The molecule has 2 rings (SSSR count). The summed E-state index contributed by atoms with van der Waals surface area (Å²) in [6.07, 6.45) is 2.67. The fourth-order valence-corrected chi connectivity index (χ4v) is 1.79. The molecular weight excluding hydrogens is 212 g/mol. The predicted octanol–water partition coefficient (Wildman–Crippen LogP) is 2.00. The van der Waals surface area contributed by atoms with Gasteiger partial charge in [0.05, 0.1) is 0 Å². The first-order valence-corrected chi connectivity index (χ1v) is 6.00. The van der Waals surface area contributed by atoms with Gasteiger partial charge in [-0.3, -0.25) is 5.10 Å². The van der Waals surface area contributed by atoms with E-state index in [2.05, 4.69) is 22.1 Å². The summed E-state index contributed by atoms with van der Waals surface area (Å²) in [7, 11) is 0. The summed E-state index contributed by atoms with van der Waals surface area (Å²) in [5.41, 5.74) is 7.25. The molecule has 0 spiro atoms. The second kappa shape index (κ2) is 5.59. The highest BCUT2D eigenvalue weighted by Crippen LogP contribution is 2.13. The summed E-state index contributed by atoms with van der Waals surface area (Å²) in [6.45, 7) is 2.12. The molecule has 1 aromatic carbocycles. The fraction of sp³-hybridized carbons (Fsp3) is 0.385. The number of benzene rings is 1. The highest BCUT2D eigenvalue weighted by molar-refractivity contribution is 5.19. The first-order chi connectivity index (χ1) is 8.29. The number of nitrogens with zero attached hydrogens (tertiary/aromatic N) is 2. The molecule has 0 aliphatic rings. The van der Waals surface area contributed by atoms with Crippen molar-refractivity contribution in [3.63, 3.8) is 0 Å². The molecule has 0 saturated heterocycles.